The van der Waals surface area contributed by atoms with Gasteiger partial charge in [-0.05, 0) is 24.6 Å². The van der Waals surface area contributed by atoms with Crippen molar-refractivity contribution >= 4 is 17.5 Å². The summed E-state index contributed by atoms with van der Waals surface area (Å²) in [5.74, 6) is -0.531. The van der Waals surface area contributed by atoms with Crippen molar-refractivity contribution in [1.82, 2.24) is 5.32 Å². The van der Waals surface area contributed by atoms with Crippen molar-refractivity contribution in [1.29, 1.82) is 0 Å². The van der Waals surface area contributed by atoms with Gasteiger partial charge in [0.1, 0.15) is 0 Å². The predicted octanol–water partition coefficient (Wildman–Crippen LogP) is 1.36. The highest BCUT2D eigenvalue weighted by atomic mass is 16.2. The Hall–Kier alpha value is -1.88. The van der Waals surface area contributed by atoms with Gasteiger partial charge in [-0.15, -0.1) is 0 Å². The zero-order chi connectivity index (χ0) is 14.3. The molecule has 0 aromatic heterocycles. The molecule has 1 aromatic rings. The topological polar surface area (TPSA) is 84.2 Å². The van der Waals surface area contributed by atoms with Crippen LogP contribution in [0, 0.1) is 5.92 Å². The van der Waals surface area contributed by atoms with Gasteiger partial charge in [-0.3, -0.25) is 9.59 Å². The first-order valence-corrected chi connectivity index (χ1v) is 6.47. The van der Waals surface area contributed by atoms with Crippen LogP contribution in [0.3, 0.4) is 0 Å². The minimum Gasteiger partial charge on any atom is -0.352 e. The van der Waals surface area contributed by atoms with E-state index in [0.29, 0.717) is 24.3 Å². The van der Waals surface area contributed by atoms with Gasteiger partial charge in [-0.2, -0.15) is 0 Å². The molecule has 1 unspecified atom stereocenters. The van der Waals surface area contributed by atoms with Crippen molar-refractivity contribution in [2.24, 2.45) is 11.7 Å². The number of hydrogen-bond acceptors (Lipinski definition) is 3. The zero-order valence-electron chi connectivity index (χ0n) is 11.4. The fourth-order valence-corrected chi connectivity index (χ4v) is 1.45. The second kappa shape index (κ2) is 7.53. The molecule has 19 heavy (non-hydrogen) atoms. The van der Waals surface area contributed by atoms with E-state index in [0.717, 1.165) is 6.42 Å². The van der Waals surface area contributed by atoms with Crippen LogP contribution < -0.4 is 16.4 Å². The SMILES string of the molecule is CCCNC(=O)c1cccc(NC(=O)C(C)CN)c1. The number of nitrogens with two attached hydrogens (primary N) is 1. The number of anilines is 1. The summed E-state index contributed by atoms with van der Waals surface area (Å²) in [4.78, 5) is 23.5. The average Bonchev–Trinajstić information content (AvgIpc) is 2.43. The predicted molar refractivity (Wildman–Crippen MR) is 75.9 cm³/mol. The van der Waals surface area contributed by atoms with Crippen LogP contribution in [0.5, 0.6) is 0 Å². The highest BCUT2D eigenvalue weighted by Crippen LogP contribution is 2.12. The molecule has 0 aliphatic rings. The molecule has 104 valence electrons. The van der Waals surface area contributed by atoms with E-state index < -0.39 is 0 Å². The third-order valence-electron chi connectivity index (χ3n) is 2.73. The van der Waals surface area contributed by atoms with E-state index in [9.17, 15) is 9.59 Å². The number of carbonyl (C=O) groups is 2. The maximum Gasteiger partial charge on any atom is 0.251 e. The number of amides is 2. The van der Waals surface area contributed by atoms with E-state index in [2.05, 4.69) is 10.6 Å². The van der Waals surface area contributed by atoms with Crippen LogP contribution in [0.2, 0.25) is 0 Å². The van der Waals surface area contributed by atoms with Crippen LogP contribution in [0.1, 0.15) is 30.6 Å². The van der Waals surface area contributed by atoms with Gasteiger partial charge in [-0.25, -0.2) is 0 Å². The Morgan fingerprint density at radius 1 is 1.37 bits per heavy atom. The second-order valence-electron chi connectivity index (χ2n) is 4.46. The Bertz CT molecular complexity index is 446. The Morgan fingerprint density at radius 2 is 2.11 bits per heavy atom. The molecule has 4 N–H and O–H groups in total. The third kappa shape index (κ3) is 4.71. The summed E-state index contributed by atoms with van der Waals surface area (Å²) in [6.45, 7) is 4.68. The molecule has 5 nitrogen and oxygen atoms in total. The molecule has 0 saturated heterocycles. The number of benzene rings is 1. The van der Waals surface area contributed by atoms with Crippen LogP contribution in [0.4, 0.5) is 5.69 Å². The van der Waals surface area contributed by atoms with Crippen molar-refractivity contribution in [3.63, 3.8) is 0 Å². The minimum absolute atomic E-state index is 0.134. The van der Waals surface area contributed by atoms with E-state index in [1.54, 1.807) is 31.2 Å². The van der Waals surface area contributed by atoms with Gasteiger partial charge in [0.25, 0.3) is 5.91 Å². The van der Waals surface area contributed by atoms with Crippen molar-refractivity contribution in [2.45, 2.75) is 20.3 Å². The Morgan fingerprint density at radius 3 is 2.74 bits per heavy atom. The molecule has 1 rings (SSSR count). The van der Waals surface area contributed by atoms with Crippen molar-refractivity contribution < 1.29 is 9.59 Å². The van der Waals surface area contributed by atoms with Gasteiger partial charge < -0.3 is 16.4 Å². The van der Waals surface area contributed by atoms with Gasteiger partial charge in [0.05, 0.1) is 0 Å². The molecule has 1 atom stereocenters. The van der Waals surface area contributed by atoms with Crippen molar-refractivity contribution in [3.8, 4) is 0 Å². The van der Waals surface area contributed by atoms with E-state index in [4.69, 9.17) is 5.73 Å². The Balaban J connectivity index is 2.71. The first-order valence-electron chi connectivity index (χ1n) is 6.47. The molecule has 0 saturated carbocycles. The van der Waals surface area contributed by atoms with Gasteiger partial charge in [-0.1, -0.05) is 19.9 Å². The normalized spacial score (nSPS) is 11.7. The Labute approximate surface area is 113 Å². The molecule has 0 fully saturated rings. The lowest BCUT2D eigenvalue weighted by Gasteiger charge is -2.11. The molecule has 5 heteroatoms. The lowest BCUT2D eigenvalue weighted by molar-refractivity contribution is -0.119. The summed E-state index contributed by atoms with van der Waals surface area (Å²) in [7, 11) is 0. The van der Waals surface area contributed by atoms with Gasteiger partial charge in [0.15, 0.2) is 0 Å². The molecule has 2 amide bonds. The fourth-order valence-electron chi connectivity index (χ4n) is 1.45. The first kappa shape index (κ1) is 15.2. The molecular formula is C14H21N3O2. The minimum atomic E-state index is -0.252. The van der Waals surface area contributed by atoms with Crippen molar-refractivity contribution in [3.05, 3.63) is 29.8 Å². The molecule has 0 aliphatic carbocycles. The first-order chi connectivity index (χ1) is 9.08. The molecule has 0 bridgehead atoms. The van der Waals surface area contributed by atoms with Crippen LogP contribution >= 0.6 is 0 Å². The summed E-state index contributed by atoms with van der Waals surface area (Å²) in [5, 5.41) is 5.54. The summed E-state index contributed by atoms with van der Waals surface area (Å²) >= 11 is 0. The summed E-state index contributed by atoms with van der Waals surface area (Å²) in [5.41, 5.74) is 6.57. The molecule has 0 aliphatic heterocycles. The van der Waals surface area contributed by atoms with Crippen LogP contribution in [0.25, 0.3) is 0 Å². The Kier molecular flexibility index (Phi) is 6.02. The average molecular weight is 263 g/mol. The van der Waals surface area contributed by atoms with E-state index in [1.165, 1.54) is 0 Å². The van der Waals surface area contributed by atoms with E-state index in [-0.39, 0.29) is 17.7 Å². The summed E-state index contributed by atoms with van der Waals surface area (Å²) in [6.07, 6.45) is 0.885. The maximum atomic E-state index is 11.8. The maximum absolute atomic E-state index is 11.8. The number of rotatable bonds is 6. The van der Waals surface area contributed by atoms with Crippen molar-refractivity contribution in [2.75, 3.05) is 18.4 Å². The number of nitrogens with one attached hydrogen (secondary N) is 2. The molecule has 1 aromatic carbocycles. The highest BCUT2D eigenvalue weighted by Gasteiger charge is 2.12. The monoisotopic (exact) mass is 263 g/mol. The zero-order valence-corrected chi connectivity index (χ0v) is 11.4. The highest BCUT2D eigenvalue weighted by molar-refractivity contribution is 5.97. The molecule has 0 radical (unpaired) electrons. The molecule has 0 heterocycles. The standard InChI is InChI=1S/C14H21N3O2/c1-3-7-16-14(19)11-5-4-6-12(8-11)17-13(18)10(2)9-15/h4-6,8,10H,3,7,9,15H2,1-2H3,(H,16,19)(H,17,18). The lowest BCUT2D eigenvalue weighted by Crippen LogP contribution is -2.27. The lowest BCUT2D eigenvalue weighted by atomic mass is 10.1. The van der Waals surface area contributed by atoms with Gasteiger partial charge >= 0.3 is 0 Å². The van der Waals surface area contributed by atoms with Crippen LogP contribution in [0.15, 0.2) is 24.3 Å². The summed E-state index contributed by atoms with van der Waals surface area (Å²) in [6, 6.07) is 6.86. The fraction of sp³-hybridized carbons (Fsp3) is 0.429. The third-order valence-corrected chi connectivity index (χ3v) is 2.73. The number of hydrogen-bond donors (Lipinski definition) is 3. The summed E-state index contributed by atoms with van der Waals surface area (Å²) < 4.78 is 0. The van der Waals surface area contributed by atoms with Gasteiger partial charge in [0.2, 0.25) is 5.91 Å². The smallest absolute Gasteiger partial charge is 0.251 e. The molecule has 0 spiro atoms. The van der Waals surface area contributed by atoms with E-state index >= 15 is 0 Å². The quantitative estimate of drug-likeness (QED) is 0.724. The molecular weight excluding hydrogens is 242 g/mol. The largest absolute Gasteiger partial charge is 0.352 e. The van der Waals surface area contributed by atoms with Crippen LogP contribution in [-0.4, -0.2) is 24.9 Å². The van der Waals surface area contributed by atoms with Crippen LogP contribution in [-0.2, 0) is 4.79 Å². The second-order valence-corrected chi connectivity index (χ2v) is 4.46. The van der Waals surface area contributed by atoms with E-state index in [1.807, 2.05) is 6.92 Å². The van der Waals surface area contributed by atoms with Gasteiger partial charge in [0, 0.05) is 30.3 Å². The number of carbonyl (C=O) groups excluding carboxylic acids is 2.